The van der Waals surface area contributed by atoms with Gasteiger partial charge in [-0.2, -0.15) is 0 Å². The zero-order chi connectivity index (χ0) is 24.9. The Balaban J connectivity index is 0.00000168. The van der Waals surface area contributed by atoms with Gasteiger partial charge in [-0.05, 0) is 80.4 Å². The maximum absolute atomic E-state index is 14.2. The van der Waals surface area contributed by atoms with Crippen LogP contribution in [0.4, 0.5) is 20.9 Å². The van der Waals surface area contributed by atoms with Crippen molar-refractivity contribution in [2.45, 2.75) is 35.6 Å². The van der Waals surface area contributed by atoms with Crippen LogP contribution in [-0.4, -0.2) is 51.5 Å². The Morgan fingerprint density at radius 3 is 2.67 bits per heavy atom. The number of carbonyl (C=O) groups is 1. The van der Waals surface area contributed by atoms with Gasteiger partial charge in [0.05, 0.1) is 4.90 Å². The fourth-order valence-corrected chi connectivity index (χ4v) is 7.54. The van der Waals surface area contributed by atoms with Crippen LogP contribution < -0.4 is 19.8 Å². The number of thiazole rings is 1. The number of rotatable bonds is 5. The number of hydrogen-bond acceptors (Lipinski definition) is 7. The number of piperidine rings is 1. The molecule has 0 unspecified atom stereocenters. The van der Waals surface area contributed by atoms with Crippen molar-refractivity contribution in [3.05, 3.63) is 65.4 Å². The van der Waals surface area contributed by atoms with E-state index >= 15 is 0 Å². The van der Waals surface area contributed by atoms with Gasteiger partial charge in [-0.25, -0.2) is 17.8 Å². The molecule has 0 saturated carbocycles. The fraction of sp³-hybridized carbons (Fsp3) is 0.360. The van der Waals surface area contributed by atoms with Crippen LogP contribution in [0, 0.1) is 5.82 Å². The molecule has 0 bridgehead atoms. The highest BCUT2D eigenvalue weighted by Gasteiger charge is 2.48. The lowest BCUT2D eigenvalue weighted by atomic mass is 9.75. The van der Waals surface area contributed by atoms with Gasteiger partial charge >= 0.3 is 0 Å². The van der Waals surface area contributed by atoms with Gasteiger partial charge in [-0.15, -0.1) is 11.3 Å². The smallest absolute Gasteiger partial charge is 0.263 e. The number of nitrogens with one attached hydrogen (secondary N) is 2. The molecule has 3 aromatic rings. The largest absolute Gasteiger partial charge is 0.358 e. The molecule has 0 radical (unpaired) electrons. The molecule has 6 rings (SSSR count). The lowest BCUT2D eigenvalue weighted by Crippen LogP contribution is -2.47. The molecule has 8 nitrogen and oxygen atoms in total. The second-order valence-electron chi connectivity index (χ2n) is 9.55. The van der Waals surface area contributed by atoms with Crippen molar-refractivity contribution in [3.8, 4) is 0 Å². The molecular formula is C25H30FN5O3S2. The number of fused-ring (bicyclic) bond motifs is 2. The van der Waals surface area contributed by atoms with Gasteiger partial charge in [0.2, 0.25) is 5.91 Å². The molecule has 2 aromatic carbocycles. The van der Waals surface area contributed by atoms with Crippen LogP contribution in [-0.2, 0) is 20.2 Å². The molecule has 3 aliphatic rings. The number of sulfonamides is 1. The first-order valence-corrected chi connectivity index (χ1v) is 14.3. The fourth-order valence-electron chi connectivity index (χ4n) is 5.75. The van der Waals surface area contributed by atoms with Crippen molar-refractivity contribution in [2.75, 3.05) is 40.7 Å². The monoisotopic (exact) mass is 531 g/mol. The Bertz CT molecular complexity index is 1400. The van der Waals surface area contributed by atoms with Crippen LogP contribution in [0.3, 0.4) is 0 Å². The zero-order valence-corrected chi connectivity index (χ0v) is 21.1. The Kier molecular flexibility index (Phi) is 5.73. The molecule has 1 spiro atoms. The van der Waals surface area contributed by atoms with Crippen molar-refractivity contribution in [1.29, 1.82) is 0 Å². The van der Waals surface area contributed by atoms with Gasteiger partial charge in [-0.3, -0.25) is 9.52 Å². The van der Waals surface area contributed by atoms with Crippen LogP contribution in [0.2, 0.25) is 0 Å². The highest BCUT2D eigenvalue weighted by atomic mass is 32.2. The van der Waals surface area contributed by atoms with Gasteiger partial charge in [0, 0.05) is 44.3 Å². The second-order valence-corrected chi connectivity index (χ2v) is 12.1. The maximum atomic E-state index is 14.2. The SMILES string of the molecule is O=C1[C@@H](N2CC3(CCNCC3)c3cc(F)ccc32)CCN1c1ccc(S(=O)(=O)Nc2nccs2)cc1.[HH].[HH]. The average Bonchev–Trinajstić information content (AvgIpc) is 3.59. The summed E-state index contributed by atoms with van der Waals surface area (Å²) in [5.74, 6) is -0.264. The van der Waals surface area contributed by atoms with Crippen LogP contribution in [0.25, 0.3) is 0 Å². The van der Waals surface area contributed by atoms with Gasteiger partial charge in [0.15, 0.2) is 5.13 Å². The summed E-state index contributed by atoms with van der Waals surface area (Å²) in [6.07, 6.45) is 4.00. The molecule has 1 amide bonds. The van der Waals surface area contributed by atoms with E-state index < -0.39 is 10.0 Å². The number of hydrogen-bond donors (Lipinski definition) is 2. The number of carbonyl (C=O) groups excluding carboxylic acids is 1. The number of amides is 1. The standard InChI is InChI=1S/C25H26FN5O3S2.2H2/c26-17-1-6-21-20(15-17)25(8-10-27-11-9-25)16-31(21)22-7-13-30(23(22)32)18-2-4-19(5-3-18)36(33,34)29-24-28-12-14-35-24;;/h1-6,12,14-15,22,27H,7-11,13,16H2,(H,28,29);2*1H/t22-;;/m0../s1. The third-order valence-corrected chi connectivity index (χ3v) is 9.71. The van der Waals surface area contributed by atoms with E-state index in [2.05, 4.69) is 19.9 Å². The van der Waals surface area contributed by atoms with E-state index in [1.165, 1.54) is 35.7 Å². The predicted molar refractivity (Wildman–Crippen MR) is 142 cm³/mol. The van der Waals surface area contributed by atoms with Crippen molar-refractivity contribution >= 4 is 43.8 Å². The summed E-state index contributed by atoms with van der Waals surface area (Å²) in [6, 6.07) is 10.9. The van der Waals surface area contributed by atoms with Crippen LogP contribution in [0.5, 0.6) is 0 Å². The summed E-state index contributed by atoms with van der Waals surface area (Å²) in [5.41, 5.74) is 2.48. The molecular weight excluding hydrogens is 501 g/mol. The molecule has 2 fully saturated rings. The zero-order valence-electron chi connectivity index (χ0n) is 19.5. The molecule has 2 saturated heterocycles. The highest BCUT2D eigenvalue weighted by Crippen LogP contribution is 2.48. The first kappa shape index (κ1) is 23.4. The topological polar surface area (TPSA) is 94.6 Å². The summed E-state index contributed by atoms with van der Waals surface area (Å²) in [4.78, 5) is 21.5. The third-order valence-electron chi connectivity index (χ3n) is 7.54. The highest BCUT2D eigenvalue weighted by molar-refractivity contribution is 7.93. The molecule has 192 valence electrons. The molecule has 1 aromatic heterocycles. The maximum Gasteiger partial charge on any atom is 0.263 e. The number of aromatic nitrogens is 1. The van der Waals surface area contributed by atoms with Crippen LogP contribution in [0.15, 0.2) is 58.9 Å². The Morgan fingerprint density at radius 2 is 1.94 bits per heavy atom. The van der Waals surface area contributed by atoms with Gasteiger partial charge < -0.3 is 15.1 Å². The van der Waals surface area contributed by atoms with Crippen LogP contribution in [0.1, 0.15) is 27.7 Å². The average molecular weight is 532 g/mol. The van der Waals surface area contributed by atoms with Crippen LogP contribution >= 0.6 is 11.3 Å². The summed E-state index contributed by atoms with van der Waals surface area (Å²) < 4.78 is 42.0. The van der Waals surface area contributed by atoms with Gasteiger partial charge in [0.1, 0.15) is 11.9 Å². The quantitative estimate of drug-likeness (QED) is 0.520. The van der Waals surface area contributed by atoms with E-state index in [9.17, 15) is 17.6 Å². The minimum Gasteiger partial charge on any atom is -0.358 e. The Labute approximate surface area is 216 Å². The van der Waals surface area contributed by atoms with E-state index in [0.29, 0.717) is 30.3 Å². The summed E-state index contributed by atoms with van der Waals surface area (Å²) in [5, 5.41) is 5.39. The van der Waals surface area contributed by atoms with Crippen molar-refractivity contribution in [2.24, 2.45) is 0 Å². The molecule has 11 heteroatoms. The molecule has 0 aliphatic carbocycles. The number of halogens is 1. The molecule has 36 heavy (non-hydrogen) atoms. The molecule has 2 N–H and O–H groups in total. The summed E-state index contributed by atoms with van der Waals surface area (Å²) in [6.45, 7) is 2.99. The minimum atomic E-state index is -3.76. The van der Waals surface area contributed by atoms with Gasteiger partial charge in [0.25, 0.3) is 10.0 Å². The summed E-state index contributed by atoms with van der Waals surface area (Å²) >= 11 is 1.20. The van der Waals surface area contributed by atoms with E-state index in [0.717, 1.165) is 37.2 Å². The van der Waals surface area contributed by atoms with E-state index in [1.807, 2.05) is 6.07 Å². The van der Waals surface area contributed by atoms with Gasteiger partial charge in [-0.1, -0.05) is 0 Å². The third kappa shape index (κ3) is 3.95. The first-order chi connectivity index (χ1) is 17.4. The van der Waals surface area contributed by atoms with E-state index in [4.69, 9.17) is 0 Å². The van der Waals surface area contributed by atoms with Crippen molar-refractivity contribution < 1.29 is 20.5 Å². The molecule has 1 atom stereocenters. The lowest BCUT2D eigenvalue weighted by Gasteiger charge is -2.35. The predicted octanol–water partition coefficient (Wildman–Crippen LogP) is 3.82. The van der Waals surface area contributed by atoms with Crippen molar-refractivity contribution in [3.63, 3.8) is 0 Å². The van der Waals surface area contributed by atoms with E-state index in [-0.39, 0.29) is 30.9 Å². The Hall–Kier alpha value is -3.02. The number of benzene rings is 2. The second kappa shape index (κ2) is 8.82. The molecule has 4 heterocycles. The summed E-state index contributed by atoms with van der Waals surface area (Å²) in [7, 11) is -3.76. The minimum absolute atomic E-state index is 0. The van der Waals surface area contributed by atoms with E-state index in [1.54, 1.807) is 28.5 Å². The van der Waals surface area contributed by atoms with Crippen molar-refractivity contribution in [1.82, 2.24) is 10.3 Å². The molecule has 3 aliphatic heterocycles. The Morgan fingerprint density at radius 1 is 1.17 bits per heavy atom. The normalized spacial score (nSPS) is 21.2. The lowest BCUT2D eigenvalue weighted by molar-refractivity contribution is -0.118. The number of nitrogens with zero attached hydrogens (tertiary/aromatic N) is 3. The number of anilines is 3. The first-order valence-electron chi connectivity index (χ1n) is 12.0.